The number of rotatable bonds is 3. The Hall–Kier alpha value is -0.280. The van der Waals surface area contributed by atoms with Crippen LogP contribution in [-0.2, 0) is 9.53 Å². The van der Waals surface area contributed by atoms with Gasteiger partial charge in [0.1, 0.15) is 0 Å². The fraction of sp³-hybridized carbons (Fsp3) is 0.875. The summed E-state index contributed by atoms with van der Waals surface area (Å²) >= 11 is 0. The fourth-order valence-electron chi connectivity index (χ4n) is 1.13. The number of hydrogen-bond acceptors (Lipinski definition) is 3. The van der Waals surface area contributed by atoms with Gasteiger partial charge < -0.3 is 10.1 Å². The van der Waals surface area contributed by atoms with Crippen molar-refractivity contribution in [3.05, 3.63) is 0 Å². The lowest BCUT2D eigenvalue weighted by atomic mass is 9.89. The van der Waals surface area contributed by atoms with Crippen molar-refractivity contribution in [1.82, 2.24) is 5.32 Å². The molecule has 4 heteroatoms. The van der Waals surface area contributed by atoms with E-state index in [-0.39, 0.29) is 24.3 Å². The predicted octanol–water partition coefficient (Wildman–Crippen LogP) is 0.827. The average molecular weight is 194 g/mol. The van der Waals surface area contributed by atoms with Crippen LogP contribution in [0.15, 0.2) is 0 Å². The molecule has 1 atom stereocenters. The highest BCUT2D eigenvalue weighted by molar-refractivity contribution is 5.85. The Morgan fingerprint density at radius 1 is 1.67 bits per heavy atom. The molecular weight excluding hydrogens is 178 g/mol. The van der Waals surface area contributed by atoms with E-state index >= 15 is 0 Å². The Kier molecular flexibility index (Phi) is 5.25. The number of hydrogen-bond donors (Lipinski definition) is 1. The van der Waals surface area contributed by atoms with Gasteiger partial charge in [0, 0.05) is 0 Å². The number of carbonyl (C=O) groups excluding carboxylic acids is 1. The minimum absolute atomic E-state index is 0. The van der Waals surface area contributed by atoms with Crippen molar-refractivity contribution in [3.8, 4) is 0 Å². The van der Waals surface area contributed by atoms with Crippen molar-refractivity contribution >= 4 is 18.4 Å². The SMILES string of the molecule is CCOC(=O)C(C)C1CNC1.Cl. The van der Waals surface area contributed by atoms with Gasteiger partial charge in [-0.15, -0.1) is 12.4 Å². The van der Waals surface area contributed by atoms with Crippen molar-refractivity contribution in [1.29, 1.82) is 0 Å². The van der Waals surface area contributed by atoms with E-state index in [2.05, 4.69) is 5.32 Å². The van der Waals surface area contributed by atoms with Crippen LogP contribution >= 0.6 is 12.4 Å². The van der Waals surface area contributed by atoms with Crippen molar-refractivity contribution < 1.29 is 9.53 Å². The predicted molar refractivity (Wildman–Crippen MR) is 49.4 cm³/mol. The number of esters is 1. The molecule has 12 heavy (non-hydrogen) atoms. The highest BCUT2D eigenvalue weighted by atomic mass is 35.5. The summed E-state index contributed by atoms with van der Waals surface area (Å²) in [6.45, 7) is 6.18. The van der Waals surface area contributed by atoms with E-state index in [0.717, 1.165) is 13.1 Å². The van der Waals surface area contributed by atoms with Crippen LogP contribution in [0.4, 0.5) is 0 Å². The normalized spacial score (nSPS) is 18.8. The molecule has 0 aromatic heterocycles. The maximum atomic E-state index is 11.1. The zero-order valence-electron chi connectivity index (χ0n) is 7.50. The summed E-state index contributed by atoms with van der Waals surface area (Å²) in [6, 6.07) is 0. The highest BCUT2D eigenvalue weighted by Crippen LogP contribution is 2.16. The summed E-state index contributed by atoms with van der Waals surface area (Å²) in [6.07, 6.45) is 0. The van der Waals surface area contributed by atoms with Crippen LogP contribution in [0.5, 0.6) is 0 Å². The molecule has 0 bridgehead atoms. The molecule has 72 valence electrons. The fourth-order valence-corrected chi connectivity index (χ4v) is 1.13. The summed E-state index contributed by atoms with van der Waals surface area (Å²) in [4.78, 5) is 11.1. The van der Waals surface area contributed by atoms with Gasteiger partial charge in [0.2, 0.25) is 0 Å². The molecule has 1 heterocycles. The monoisotopic (exact) mass is 193 g/mol. The van der Waals surface area contributed by atoms with E-state index in [1.165, 1.54) is 0 Å². The average Bonchev–Trinajstić information content (AvgIpc) is 1.84. The largest absolute Gasteiger partial charge is 0.466 e. The van der Waals surface area contributed by atoms with Gasteiger partial charge in [-0.25, -0.2) is 0 Å². The van der Waals surface area contributed by atoms with Gasteiger partial charge in [0.15, 0.2) is 0 Å². The molecule has 0 aliphatic carbocycles. The molecule has 3 nitrogen and oxygen atoms in total. The highest BCUT2D eigenvalue weighted by Gasteiger charge is 2.29. The molecule has 0 radical (unpaired) electrons. The van der Waals surface area contributed by atoms with Crippen molar-refractivity contribution in [2.45, 2.75) is 13.8 Å². The second-order valence-electron chi connectivity index (χ2n) is 2.96. The quantitative estimate of drug-likeness (QED) is 0.675. The molecule has 0 aromatic carbocycles. The first-order valence-electron chi connectivity index (χ1n) is 4.13. The van der Waals surface area contributed by atoms with Crippen molar-refractivity contribution in [2.75, 3.05) is 19.7 Å². The smallest absolute Gasteiger partial charge is 0.309 e. The van der Waals surface area contributed by atoms with Crippen LogP contribution in [-0.4, -0.2) is 25.7 Å². The van der Waals surface area contributed by atoms with Crippen LogP contribution in [0.1, 0.15) is 13.8 Å². The van der Waals surface area contributed by atoms with E-state index in [0.29, 0.717) is 12.5 Å². The molecular formula is C8H16ClNO2. The lowest BCUT2D eigenvalue weighted by Gasteiger charge is -2.31. The third-order valence-electron chi connectivity index (χ3n) is 2.18. The molecule has 0 aromatic rings. The molecule has 1 unspecified atom stereocenters. The molecule has 0 saturated carbocycles. The van der Waals surface area contributed by atoms with Gasteiger partial charge in [0.25, 0.3) is 0 Å². The zero-order chi connectivity index (χ0) is 8.27. The summed E-state index contributed by atoms with van der Waals surface area (Å²) in [7, 11) is 0. The van der Waals surface area contributed by atoms with Crippen LogP contribution in [0.25, 0.3) is 0 Å². The Morgan fingerprint density at radius 2 is 2.25 bits per heavy atom. The van der Waals surface area contributed by atoms with Crippen molar-refractivity contribution in [3.63, 3.8) is 0 Å². The number of nitrogens with one attached hydrogen (secondary N) is 1. The van der Waals surface area contributed by atoms with E-state index in [1.807, 2.05) is 13.8 Å². The maximum Gasteiger partial charge on any atom is 0.309 e. The zero-order valence-corrected chi connectivity index (χ0v) is 8.32. The van der Waals surface area contributed by atoms with Gasteiger partial charge in [-0.05, 0) is 25.9 Å². The van der Waals surface area contributed by atoms with Crippen LogP contribution in [0, 0.1) is 11.8 Å². The molecule has 0 amide bonds. The Balaban J connectivity index is 0.00000121. The second-order valence-corrected chi connectivity index (χ2v) is 2.96. The maximum absolute atomic E-state index is 11.1. The molecule has 1 N–H and O–H groups in total. The standard InChI is InChI=1S/C8H15NO2.ClH/c1-3-11-8(10)6(2)7-4-9-5-7;/h6-7,9H,3-5H2,1-2H3;1H. The van der Waals surface area contributed by atoms with Gasteiger partial charge in [-0.2, -0.15) is 0 Å². The topological polar surface area (TPSA) is 38.3 Å². The third kappa shape index (κ3) is 2.64. The summed E-state index contributed by atoms with van der Waals surface area (Å²) < 4.78 is 4.89. The molecule has 0 spiro atoms. The van der Waals surface area contributed by atoms with Gasteiger partial charge in [0.05, 0.1) is 12.5 Å². The molecule has 1 aliphatic rings. The summed E-state index contributed by atoms with van der Waals surface area (Å²) in [5.74, 6) is 0.504. The number of ether oxygens (including phenoxy) is 1. The molecule has 1 fully saturated rings. The first kappa shape index (κ1) is 11.7. The lowest BCUT2D eigenvalue weighted by molar-refractivity contribution is -0.149. The summed E-state index contributed by atoms with van der Waals surface area (Å²) in [5.41, 5.74) is 0. The summed E-state index contributed by atoms with van der Waals surface area (Å²) in [5, 5.41) is 3.13. The Labute approximate surface area is 79.3 Å². The van der Waals surface area contributed by atoms with E-state index in [9.17, 15) is 4.79 Å². The molecule has 1 rings (SSSR count). The Bertz CT molecular complexity index is 148. The van der Waals surface area contributed by atoms with Crippen LogP contribution in [0.2, 0.25) is 0 Å². The second kappa shape index (κ2) is 5.38. The van der Waals surface area contributed by atoms with Crippen LogP contribution < -0.4 is 5.32 Å². The minimum Gasteiger partial charge on any atom is -0.466 e. The van der Waals surface area contributed by atoms with E-state index in [1.54, 1.807) is 0 Å². The minimum atomic E-state index is -0.0565. The first-order chi connectivity index (χ1) is 5.25. The number of halogens is 1. The first-order valence-corrected chi connectivity index (χ1v) is 4.13. The molecule has 1 saturated heterocycles. The van der Waals surface area contributed by atoms with Gasteiger partial charge in [-0.3, -0.25) is 4.79 Å². The van der Waals surface area contributed by atoms with Crippen molar-refractivity contribution in [2.24, 2.45) is 11.8 Å². The Morgan fingerprint density at radius 3 is 2.58 bits per heavy atom. The number of carbonyl (C=O) groups is 1. The van der Waals surface area contributed by atoms with E-state index < -0.39 is 0 Å². The van der Waals surface area contributed by atoms with Crippen LogP contribution in [0.3, 0.4) is 0 Å². The van der Waals surface area contributed by atoms with E-state index in [4.69, 9.17) is 4.74 Å². The van der Waals surface area contributed by atoms with Gasteiger partial charge in [-0.1, -0.05) is 6.92 Å². The van der Waals surface area contributed by atoms with Gasteiger partial charge >= 0.3 is 5.97 Å². The lowest BCUT2D eigenvalue weighted by Crippen LogP contribution is -2.47. The third-order valence-corrected chi connectivity index (χ3v) is 2.18. The molecule has 1 aliphatic heterocycles.